The molecule has 0 spiro atoms. The number of carbonyl (C=O) groups is 2. The van der Waals surface area contributed by atoms with E-state index < -0.39 is 0 Å². The van der Waals surface area contributed by atoms with Crippen molar-refractivity contribution in [2.75, 3.05) is 23.8 Å². The maximum absolute atomic E-state index is 12.7. The van der Waals surface area contributed by atoms with Crippen molar-refractivity contribution in [1.29, 1.82) is 0 Å². The molecule has 1 aromatic heterocycles. The van der Waals surface area contributed by atoms with Crippen LogP contribution in [0.5, 0.6) is 11.5 Å². The lowest BCUT2D eigenvalue weighted by molar-refractivity contribution is -0.118. The Balaban J connectivity index is 1.15. The zero-order valence-electron chi connectivity index (χ0n) is 24.2. The number of ether oxygens (including phenoxy) is 2. The Hall–Kier alpha value is -5.48. The first kappa shape index (κ1) is 30.0. The standard InChI is InChI=1S/C34H31N5O4S/c1-3-42-31-19-24(13-18-30(31)43-21-32(40)37-28-12-8-7-9-23(28)2)20-35-39-33(41)26-16-14-25(15-17-26)29-22-44-34(38-29)36-27-10-5-4-6-11-27/h4-20,22H,3,21H2,1-2H3,(H,36,38)(H,37,40)(H,39,41)/b35-20+. The average Bonchev–Trinajstić information content (AvgIpc) is 3.51. The number of benzene rings is 4. The van der Waals surface area contributed by atoms with Gasteiger partial charge >= 0.3 is 0 Å². The van der Waals surface area contributed by atoms with Crippen LogP contribution in [0, 0.1) is 6.92 Å². The molecule has 2 amide bonds. The van der Waals surface area contributed by atoms with Crippen LogP contribution in [0.3, 0.4) is 0 Å². The van der Waals surface area contributed by atoms with Gasteiger partial charge in [-0.1, -0.05) is 48.5 Å². The van der Waals surface area contributed by atoms with Crippen LogP contribution in [-0.2, 0) is 4.79 Å². The van der Waals surface area contributed by atoms with Crippen LogP contribution >= 0.6 is 11.3 Å². The van der Waals surface area contributed by atoms with Crippen molar-refractivity contribution in [2.24, 2.45) is 5.10 Å². The van der Waals surface area contributed by atoms with Gasteiger partial charge in [-0.3, -0.25) is 9.59 Å². The molecular formula is C34H31N5O4S. The molecule has 0 saturated heterocycles. The first-order valence-corrected chi connectivity index (χ1v) is 14.8. The lowest BCUT2D eigenvalue weighted by atomic mass is 10.1. The number of para-hydroxylation sites is 2. The van der Waals surface area contributed by atoms with E-state index in [1.165, 1.54) is 17.6 Å². The van der Waals surface area contributed by atoms with E-state index in [-0.39, 0.29) is 18.4 Å². The van der Waals surface area contributed by atoms with E-state index in [1.54, 1.807) is 30.3 Å². The quantitative estimate of drug-likeness (QED) is 0.104. The molecule has 1 heterocycles. The normalized spacial score (nSPS) is 10.8. The maximum atomic E-state index is 12.7. The highest BCUT2D eigenvalue weighted by molar-refractivity contribution is 7.14. The third-order valence-electron chi connectivity index (χ3n) is 6.40. The predicted octanol–water partition coefficient (Wildman–Crippen LogP) is 7.04. The smallest absolute Gasteiger partial charge is 0.271 e. The van der Waals surface area contributed by atoms with Crippen molar-refractivity contribution in [2.45, 2.75) is 13.8 Å². The molecule has 0 aliphatic heterocycles. The Kier molecular flexibility index (Phi) is 9.96. The molecule has 0 bridgehead atoms. The van der Waals surface area contributed by atoms with Gasteiger partial charge in [0.15, 0.2) is 23.2 Å². The molecule has 0 fully saturated rings. The van der Waals surface area contributed by atoms with Gasteiger partial charge in [-0.15, -0.1) is 11.3 Å². The number of aromatic nitrogens is 1. The number of rotatable bonds is 12. The first-order chi connectivity index (χ1) is 21.5. The molecule has 0 radical (unpaired) electrons. The lowest BCUT2D eigenvalue weighted by Crippen LogP contribution is -2.20. The summed E-state index contributed by atoms with van der Waals surface area (Å²) >= 11 is 1.51. The Morgan fingerprint density at radius 3 is 2.45 bits per heavy atom. The number of thiazole rings is 1. The summed E-state index contributed by atoms with van der Waals surface area (Å²) < 4.78 is 11.4. The van der Waals surface area contributed by atoms with Crippen LogP contribution in [-0.4, -0.2) is 36.2 Å². The number of carbonyl (C=O) groups excluding carboxylic acids is 2. The minimum absolute atomic E-state index is 0.176. The van der Waals surface area contributed by atoms with Gasteiger partial charge in [-0.05, 0) is 73.5 Å². The van der Waals surface area contributed by atoms with E-state index in [2.05, 4.69) is 26.1 Å². The fourth-order valence-corrected chi connectivity index (χ4v) is 4.91. The van der Waals surface area contributed by atoms with E-state index >= 15 is 0 Å². The number of nitrogens with zero attached hydrogens (tertiary/aromatic N) is 2. The number of nitrogens with one attached hydrogen (secondary N) is 3. The van der Waals surface area contributed by atoms with Gasteiger partial charge in [0.2, 0.25) is 0 Å². The Labute approximate surface area is 259 Å². The van der Waals surface area contributed by atoms with Crippen molar-refractivity contribution >= 4 is 45.9 Å². The summed E-state index contributed by atoms with van der Waals surface area (Å²) in [6.45, 7) is 4.01. The molecule has 44 heavy (non-hydrogen) atoms. The molecule has 0 aliphatic rings. The zero-order valence-corrected chi connectivity index (χ0v) is 25.1. The molecule has 0 unspecified atom stereocenters. The minimum Gasteiger partial charge on any atom is -0.490 e. The predicted molar refractivity (Wildman–Crippen MR) is 175 cm³/mol. The summed E-state index contributed by atoms with van der Waals surface area (Å²) in [6.07, 6.45) is 1.51. The summed E-state index contributed by atoms with van der Waals surface area (Å²) in [6, 6.07) is 29.8. The fourth-order valence-electron chi connectivity index (χ4n) is 4.17. The maximum Gasteiger partial charge on any atom is 0.271 e. The number of aryl methyl sites for hydroxylation is 1. The van der Waals surface area contributed by atoms with Gasteiger partial charge in [-0.25, -0.2) is 10.4 Å². The van der Waals surface area contributed by atoms with E-state index in [0.29, 0.717) is 29.2 Å². The first-order valence-electron chi connectivity index (χ1n) is 13.9. The van der Waals surface area contributed by atoms with Crippen molar-refractivity contribution in [3.8, 4) is 22.8 Å². The number of hydrogen-bond acceptors (Lipinski definition) is 8. The van der Waals surface area contributed by atoms with Gasteiger partial charge in [0, 0.05) is 27.9 Å². The lowest BCUT2D eigenvalue weighted by Gasteiger charge is -2.13. The molecule has 222 valence electrons. The van der Waals surface area contributed by atoms with E-state index in [4.69, 9.17) is 9.47 Å². The summed E-state index contributed by atoms with van der Waals surface area (Å²) in [7, 11) is 0. The molecule has 10 heteroatoms. The van der Waals surface area contributed by atoms with Crippen LogP contribution in [0.4, 0.5) is 16.5 Å². The third kappa shape index (κ3) is 8.08. The van der Waals surface area contributed by atoms with E-state index in [9.17, 15) is 9.59 Å². The summed E-state index contributed by atoms with van der Waals surface area (Å²) in [5.41, 5.74) is 8.10. The number of hydrogen-bond donors (Lipinski definition) is 3. The highest BCUT2D eigenvalue weighted by atomic mass is 32.1. The second-order valence-electron chi connectivity index (χ2n) is 9.60. The second-order valence-corrected chi connectivity index (χ2v) is 10.5. The van der Waals surface area contributed by atoms with Crippen LogP contribution in [0.25, 0.3) is 11.3 Å². The zero-order chi connectivity index (χ0) is 30.7. The Bertz CT molecular complexity index is 1750. The molecule has 5 rings (SSSR count). The Morgan fingerprint density at radius 2 is 1.68 bits per heavy atom. The topological polar surface area (TPSA) is 114 Å². The van der Waals surface area contributed by atoms with Crippen LogP contribution in [0.1, 0.15) is 28.4 Å². The summed E-state index contributed by atoms with van der Waals surface area (Å²) in [5, 5.41) is 13.0. The second kappa shape index (κ2) is 14.6. The summed E-state index contributed by atoms with van der Waals surface area (Å²) in [5.74, 6) is 0.268. The molecule has 5 aromatic rings. The average molecular weight is 606 g/mol. The molecule has 3 N–H and O–H groups in total. The molecule has 0 atom stereocenters. The monoisotopic (exact) mass is 605 g/mol. The molecule has 4 aromatic carbocycles. The molecule has 9 nitrogen and oxygen atoms in total. The molecular weight excluding hydrogens is 574 g/mol. The minimum atomic E-state index is -0.345. The highest BCUT2D eigenvalue weighted by Crippen LogP contribution is 2.29. The fraction of sp³-hybridized carbons (Fsp3) is 0.118. The van der Waals surface area contributed by atoms with Gasteiger partial charge in [0.05, 0.1) is 18.5 Å². The third-order valence-corrected chi connectivity index (χ3v) is 7.16. The van der Waals surface area contributed by atoms with Crippen LogP contribution in [0.15, 0.2) is 108 Å². The number of hydrazone groups is 1. The van der Waals surface area contributed by atoms with Crippen molar-refractivity contribution < 1.29 is 19.1 Å². The summed E-state index contributed by atoms with van der Waals surface area (Å²) in [4.78, 5) is 29.7. The van der Waals surface area contributed by atoms with Gasteiger partial charge in [-0.2, -0.15) is 5.10 Å². The van der Waals surface area contributed by atoms with Crippen molar-refractivity contribution in [1.82, 2.24) is 10.4 Å². The van der Waals surface area contributed by atoms with Gasteiger partial charge < -0.3 is 20.1 Å². The largest absolute Gasteiger partial charge is 0.490 e. The number of anilines is 3. The SMILES string of the molecule is CCOc1cc(/C=N/NC(=O)c2ccc(-c3csc(Nc4ccccc4)n3)cc2)ccc1OCC(=O)Nc1ccccc1C. The van der Waals surface area contributed by atoms with Crippen molar-refractivity contribution in [3.63, 3.8) is 0 Å². The van der Waals surface area contributed by atoms with E-state index in [1.807, 2.05) is 86.0 Å². The number of amides is 2. The van der Waals surface area contributed by atoms with Crippen LogP contribution in [0.2, 0.25) is 0 Å². The van der Waals surface area contributed by atoms with Gasteiger partial charge in [0.25, 0.3) is 11.8 Å². The van der Waals surface area contributed by atoms with E-state index in [0.717, 1.165) is 33.3 Å². The highest BCUT2D eigenvalue weighted by Gasteiger charge is 2.11. The van der Waals surface area contributed by atoms with Crippen molar-refractivity contribution in [3.05, 3.63) is 119 Å². The Morgan fingerprint density at radius 1 is 0.909 bits per heavy atom. The van der Waals surface area contributed by atoms with Gasteiger partial charge in [0.1, 0.15) is 0 Å². The molecule has 0 aliphatic carbocycles. The molecule has 0 saturated carbocycles. The van der Waals surface area contributed by atoms with Crippen LogP contribution < -0.4 is 25.5 Å².